The molecule has 0 amide bonds. The summed E-state index contributed by atoms with van der Waals surface area (Å²) in [6.07, 6.45) is -1.53. The van der Waals surface area contributed by atoms with Gasteiger partial charge in [0.2, 0.25) is 0 Å². The molecule has 4 nitrogen and oxygen atoms in total. The van der Waals surface area contributed by atoms with Crippen molar-refractivity contribution in [3.05, 3.63) is 48.0 Å². The Morgan fingerprint density at radius 3 is 2.12 bits per heavy atom. The number of para-hydroxylation sites is 3. The zero-order valence-electron chi connectivity index (χ0n) is 8.91. The molecule has 84 valence electrons. The van der Waals surface area contributed by atoms with Crippen molar-refractivity contribution in [3.63, 3.8) is 0 Å². The van der Waals surface area contributed by atoms with E-state index in [4.69, 9.17) is 0 Å². The summed E-state index contributed by atoms with van der Waals surface area (Å²) in [6.45, 7) is 0. The number of hydrogen-bond donors (Lipinski definition) is 2. The van der Waals surface area contributed by atoms with Crippen molar-refractivity contribution in [1.82, 2.24) is 9.97 Å². The lowest BCUT2D eigenvalue weighted by Gasteiger charge is -2.07. The van der Waals surface area contributed by atoms with Crippen molar-refractivity contribution in [2.45, 2.75) is 6.29 Å². The van der Waals surface area contributed by atoms with Crippen LogP contribution >= 0.6 is 0 Å². The highest BCUT2D eigenvalue weighted by Crippen LogP contribution is 2.22. The van der Waals surface area contributed by atoms with Crippen molar-refractivity contribution in [1.29, 1.82) is 0 Å². The van der Waals surface area contributed by atoms with Gasteiger partial charge in [-0.25, -0.2) is 9.97 Å². The Hall–Kier alpha value is -2.04. The molecule has 0 aliphatic rings. The summed E-state index contributed by atoms with van der Waals surface area (Å²) in [7, 11) is 0. The summed E-state index contributed by atoms with van der Waals surface area (Å²) in [5, 5.41) is 18.6. The molecule has 1 aromatic heterocycles. The van der Waals surface area contributed by atoms with Crippen LogP contribution in [-0.4, -0.2) is 20.2 Å². The van der Waals surface area contributed by atoms with Gasteiger partial charge in [-0.3, -0.25) is 0 Å². The SMILES string of the molecule is OC(O)c1cccc2nc3ccccc3nc12. The lowest BCUT2D eigenvalue weighted by Crippen LogP contribution is -1.98. The molecule has 17 heavy (non-hydrogen) atoms. The minimum Gasteiger partial charge on any atom is -0.364 e. The van der Waals surface area contributed by atoms with Gasteiger partial charge in [0.05, 0.1) is 22.1 Å². The van der Waals surface area contributed by atoms with Crippen molar-refractivity contribution < 1.29 is 10.2 Å². The molecule has 0 bridgehead atoms. The molecule has 3 rings (SSSR count). The van der Waals surface area contributed by atoms with E-state index in [1.165, 1.54) is 0 Å². The first kappa shape index (κ1) is 10.1. The predicted molar refractivity (Wildman–Crippen MR) is 64.2 cm³/mol. The number of aromatic nitrogens is 2. The van der Waals surface area contributed by atoms with Crippen molar-refractivity contribution in [2.75, 3.05) is 0 Å². The number of nitrogens with zero attached hydrogens (tertiary/aromatic N) is 2. The minimum absolute atomic E-state index is 0.376. The number of fused-ring (bicyclic) bond motifs is 2. The molecule has 1 heterocycles. The maximum atomic E-state index is 9.28. The van der Waals surface area contributed by atoms with Gasteiger partial charge in [0.15, 0.2) is 6.29 Å². The van der Waals surface area contributed by atoms with E-state index in [2.05, 4.69) is 9.97 Å². The van der Waals surface area contributed by atoms with Crippen LogP contribution in [0, 0.1) is 0 Å². The zero-order valence-corrected chi connectivity index (χ0v) is 8.91. The molecule has 0 atom stereocenters. The van der Waals surface area contributed by atoms with Gasteiger partial charge in [-0.05, 0) is 18.2 Å². The number of aliphatic hydroxyl groups is 2. The highest BCUT2D eigenvalue weighted by Gasteiger charge is 2.10. The fraction of sp³-hybridized carbons (Fsp3) is 0.0769. The molecule has 2 N–H and O–H groups in total. The standard InChI is InChI=1S/C13H10N2O2/c16-13(17)8-4-3-7-11-12(8)15-10-6-2-1-5-9(10)14-11/h1-7,13,16-17H. The number of aliphatic hydroxyl groups excluding tert-OH is 1. The van der Waals surface area contributed by atoms with Gasteiger partial charge in [0, 0.05) is 5.56 Å². The molecule has 0 unspecified atom stereocenters. The lowest BCUT2D eigenvalue weighted by atomic mass is 10.1. The molecule has 3 aromatic rings. The molecule has 2 aromatic carbocycles. The average molecular weight is 226 g/mol. The van der Waals surface area contributed by atoms with Gasteiger partial charge in [0.25, 0.3) is 0 Å². The second-order valence-corrected chi connectivity index (χ2v) is 3.80. The smallest absolute Gasteiger partial charge is 0.180 e. The molecular weight excluding hydrogens is 216 g/mol. The van der Waals surface area contributed by atoms with Crippen LogP contribution in [0.3, 0.4) is 0 Å². The van der Waals surface area contributed by atoms with E-state index >= 15 is 0 Å². The summed E-state index contributed by atoms with van der Waals surface area (Å²) in [6, 6.07) is 12.7. The molecule has 0 aliphatic heterocycles. The third-order valence-electron chi connectivity index (χ3n) is 2.68. The Balaban J connectivity index is 2.43. The summed E-state index contributed by atoms with van der Waals surface area (Å²) in [5.41, 5.74) is 3.11. The maximum absolute atomic E-state index is 9.28. The minimum atomic E-state index is -1.53. The molecule has 0 saturated carbocycles. The summed E-state index contributed by atoms with van der Waals surface area (Å²) >= 11 is 0. The van der Waals surface area contributed by atoms with Gasteiger partial charge in [0.1, 0.15) is 0 Å². The molecule has 0 radical (unpaired) electrons. The second-order valence-electron chi connectivity index (χ2n) is 3.80. The van der Waals surface area contributed by atoms with Gasteiger partial charge in [-0.2, -0.15) is 0 Å². The third-order valence-corrected chi connectivity index (χ3v) is 2.68. The first-order valence-electron chi connectivity index (χ1n) is 5.27. The van der Waals surface area contributed by atoms with E-state index in [9.17, 15) is 10.2 Å². The van der Waals surface area contributed by atoms with Crippen LogP contribution in [0.5, 0.6) is 0 Å². The maximum Gasteiger partial charge on any atom is 0.180 e. The van der Waals surface area contributed by atoms with E-state index in [1.54, 1.807) is 18.2 Å². The van der Waals surface area contributed by atoms with Gasteiger partial charge in [-0.1, -0.05) is 24.3 Å². The highest BCUT2D eigenvalue weighted by molar-refractivity contribution is 5.87. The Morgan fingerprint density at radius 2 is 1.41 bits per heavy atom. The molecule has 4 heteroatoms. The molecule has 0 aliphatic carbocycles. The first-order chi connectivity index (χ1) is 8.25. The van der Waals surface area contributed by atoms with E-state index in [0.29, 0.717) is 16.6 Å². The van der Waals surface area contributed by atoms with Gasteiger partial charge < -0.3 is 10.2 Å². The topological polar surface area (TPSA) is 66.2 Å². The van der Waals surface area contributed by atoms with E-state index in [1.807, 2.05) is 24.3 Å². The van der Waals surface area contributed by atoms with Crippen LogP contribution in [0.1, 0.15) is 11.9 Å². The molecule has 0 saturated heterocycles. The fourth-order valence-corrected chi connectivity index (χ4v) is 1.87. The van der Waals surface area contributed by atoms with Crippen LogP contribution < -0.4 is 0 Å². The molecular formula is C13H10N2O2. The van der Waals surface area contributed by atoms with Gasteiger partial charge in [-0.15, -0.1) is 0 Å². The van der Waals surface area contributed by atoms with Crippen molar-refractivity contribution in [2.24, 2.45) is 0 Å². The zero-order chi connectivity index (χ0) is 11.8. The number of benzene rings is 2. The predicted octanol–water partition coefficient (Wildman–Crippen LogP) is 1.77. The number of hydrogen-bond acceptors (Lipinski definition) is 4. The quantitative estimate of drug-likeness (QED) is 0.490. The Labute approximate surface area is 97.2 Å². The van der Waals surface area contributed by atoms with Crippen LogP contribution in [0.4, 0.5) is 0 Å². The Bertz CT molecular complexity index is 695. The van der Waals surface area contributed by atoms with Crippen LogP contribution in [0.15, 0.2) is 42.5 Å². The normalized spacial score (nSPS) is 11.5. The average Bonchev–Trinajstić information content (AvgIpc) is 2.35. The summed E-state index contributed by atoms with van der Waals surface area (Å²) in [4.78, 5) is 8.85. The van der Waals surface area contributed by atoms with Crippen molar-refractivity contribution >= 4 is 22.1 Å². The van der Waals surface area contributed by atoms with E-state index in [0.717, 1.165) is 11.0 Å². The molecule has 0 spiro atoms. The largest absolute Gasteiger partial charge is 0.364 e. The summed E-state index contributed by atoms with van der Waals surface area (Å²) in [5.74, 6) is 0. The van der Waals surface area contributed by atoms with Crippen LogP contribution in [0.25, 0.3) is 22.1 Å². The first-order valence-corrected chi connectivity index (χ1v) is 5.27. The van der Waals surface area contributed by atoms with E-state index in [-0.39, 0.29) is 0 Å². The number of rotatable bonds is 1. The van der Waals surface area contributed by atoms with E-state index < -0.39 is 6.29 Å². The van der Waals surface area contributed by atoms with Crippen molar-refractivity contribution in [3.8, 4) is 0 Å². The fourth-order valence-electron chi connectivity index (χ4n) is 1.87. The highest BCUT2D eigenvalue weighted by atomic mass is 16.5. The Morgan fingerprint density at radius 1 is 0.765 bits per heavy atom. The Kier molecular flexibility index (Phi) is 2.24. The van der Waals surface area contributed by atoms with Crippen LogP contribution in [-0.2, 0) is 0 Å². The lowest BCUT2D eigenvalue weighted by molar-refractivity contribution is -0.0414. The second kappa shape index (κ2) is 3.76. The molecule has 0 fully saturated rings. The van der Waals surface area contributed by atoms with Crippen LogP contribution in [0.2, 0.25) is 0 Å². The summed E-state index contributed by atoms with van der Waals surface area (Å²) < 4.78 is 0. The van der Waals surface area contributed by atoms with Gasteiger partial charge >= 0.3 is 0 Å². The third kappa shape index (κ3) is 1.63. The monoisotopic (exact) mass is 226 g/mol.